The smallest absolute Gasteiger partial charge is 0.0705 e. The van der Waals surface area contributed by atoms with Gasteiger partial charge < -0.3 is 0 Å². The first-order valence-corrected chi connectivity index (χ1v) is 6.27. The van der Waals surface area contributed by atoms with Gasteiger partial charge in [0, 0.05) is 18.7 Å². The highest BCUT2D eigenvalue weighted by Gasteiger charge is 2.05. The predicted molar refractivity (Wildman–Crippen MR) is 79.8 cm³/mol. The van der Waals surface area contributed by atoms with Crippen molar-refractivity contribution in [1.29, 1.82) is 0 Å². The second-order valence-corrected chi connectivity index (χ2v) is 4.46. The second kappa shape index (κ2) is 5.07. The predicted octanol–water partition coefficient (Wildman–Crippen LogP) is 4.72. The van der Waals surface area contributed by atoms with Gasteiger partial charge in [-0.1, -0.05) is 60.7 Å². The summed E-state index contributed by atoms with van der Waals surface area (Å²) in [5.41, 5.74) is 5.17. The van der Waals surface area contributed by atoms with E-state index < -0.39 is 0 Å². The minimum Gasteiger partial charge on any atom is -0.256 e. The van der Waals surface area contributed by atoms with Crippen molar-refractivity contribution in [3.05, 3.63) is 78.5 Å². The molecule has 92 valence electrons. The van der Waals surface area contributed by atoms with E-state index in [2.05, 4.69) is 17.1 Å². The van der Waals surface area contributed by atoms with E-state index in [1.54, 1.807) is 0 Å². The van der Waals surface area contributed by atoms with Gasteiger partial charge in [0.1, 0.15) is 0 Å². The molecule has 2 aromatic carbocycles. The number of pyridine rings is 1. The van der Waals surface area contributed by atoms with Crippen molar-refractivity contribution in [1.82, 2.24) is 4.98 Å². The Morgan fingerprint density at radius 2 is 1.47 bits per heavy atom. The van der Waals surface area contributed by atoms with Crippen LogP contribution in [0.4, 0.5) is 0 Å². The molecule has 3 aromatic rings. The Morgan fingerprint density at radius 3 is 2.11 bits per heavy atom. The summed E-state index contributed by atoms with van der Waals surface area (Å²) in [7, 11) is 0. The molecule has 0 spiro atoms. The van der Waals surface area contributed by atoms with Gasteiger partial charge in [0.15, 0.2) is 0 Å². The van der Waals surface area contributed by atoms with Gasteiger partial charge in [0.2, 0.25) is 0 Å². The third kappa shape index (κ3) is 2.41. The van der Waals surface area contributed by atoms with Crippen LogP contribution in [-0.4, -0.2) is 4.98 Å². The first-order valence-electron chi connectivity index (χ1n) is 6.98. The molecule has 3 rings (SSSR count). The molecule has 0 fully saturated rings. The van der Waals surface area contributed by atoms with Crippen LogP contribution in [0.5, 0.6) is 0 Å². The fourth-order valence-electron chi connectivity index (χ4n) is 2.14. The van der Waals surface area contributed by atoms with Gasteiger partial charge in [-0.15, -0.1) is 0 Å². The van der Waals surface area contributed by atoms with E-state index in [0.29, 0.717) is 0 Å². The highest BCUT2D eigenvalue weighted by molar-refractivity contribution is 5.70. The minimum atomic E-state index is 0.257. The van der Waals surface area contributed by atoms with Crippen LogP contribution in [0.15, 0.2) is 72.9 Å². The molecule has 0 aliphatic heterocycles. The zero-order valence-corrected chi connectivity index (χ0v) is 10.6. The third-order valence-electron chi connectivity index (χ3n) is 3.14. The first-order chi connectivity index (χ1) is 9.88. The van der Waals surface area contributed by atoms with Gasteiger partial charge in [-0.2, -0.15) is 0 Å². The summed E-state index contributed by atoms with van der Waals surface area (Å²) in [6, 6.07) is 22.2. The van der Waals surface area contributed by atoms with Gasteiger partial charge in [0.05, 0.1) is 5.69 Å². The second-order valence-electron chi connectivity index (χ2n) is 4.46. The number of aryl methyl sites for hydroxylation is 1. The topological polar surface area (TPSA) is 12.9 Å². The summed E-state index contributed by atoms with van der Waals surface area (Å²) < 4.78 is 7.77. The average Bonchev–Trinajstić information content (AvgIpc) is 2.56. The molecule has 1 heterocycles. The Morgan fingerprint density at radius 1 is 0.842 bits per heavy atom. The number of hydrogen-bond donors (Lipinski definition) is 0. The fourth-order valence-corrected chi connectivity index (χ4v) is 2.14. The van der Waals surface area contributed by atoms with E-state index in [-0.39, 0.29) is 6.90 Å². The maximum absolute atomic E-state index is 7.77. The first kappa shape index (κ1) is 10.5. The molecule has 0 N–H and O–H groups in total. The van der Waals surface area contributed by atoms with Crippen LogP contribution >= 0.6 is 0 Å². The van der Waals surface area contributed by atoms with E-state index >= 15 is 0 Å². The van der Waals surface area contributed by atoms with Crippen molar-refractivity contribution in [3.8, 4) is 22.4 Å². The van der Waals surface area contributed by atoms with Crippen molar-refractivity contribution in [2.24, 2.45) is 0 Å². The number of aromatic nitrogens is 1. The molecule has 1 aromatic heterocycles. The molecule has 0 radical (unpaired) electrons. The Bertz CT molecular complexity index is 693. The molecule has 0 aliphatic rings. The van der Waals surface area contributed by atoms with Crippen LogP contribution in [0.2, 0.25) is 0 Å². The van der Waals surface area contributed by atoms with Gasteiger partial charge >= 0.3 is 0 Å². The largest absolute Gasteiger partial charge is 0.256 e. The summed E-state index contributed by atoms with van der Waals surface area (Å²) in [5, 5.41) is 0. The van der Waals surface area contributed by atoms with Crippen LogP contribution in [-0.2, 0) is 0 Å². The van der Waals surface area contributed by atoms with E-state index in [1.165, 1.54) is 0 Å². The minimum absolute atomic E-state index is 0.257. The number of rotatable bonds is 2. The molecule has 0 aliphatic carbocycles. The number of benzene rings is 2. The Labute approximate surface area is 115 Å². The van der Waals surface area contributed by atoms with Crippen LogP contribution in [0, 0.1) is 6.90 Å². The number of nitrogens with zero attached hydrogens (tertiary/aromatic N) is 1. The monoisotopic (exact) mass is 246 g/mol. The molecule has 1 heteroatoms. The molecular formula is C18H15N. The van der Waals surface area contributed by atoms with E-state index in [0.717, 1.165) is 27.9 Å². The lowest BCUT2D eigenvalue weighted by Crippen LogP contribution is -1.89. The van der Waals surface area contributed by atoms with Crippen LogP contribution < -0.4 is 0 Å². The van der Waals surface area contributed by atoms with Crippen LogP contribution in [0.3, 0.4) is 0 Å². The summed E-state index contributed by atoms with van der Waals surface area (Å²) in [4.78, 5) is 4.55. The Balaban J connectivity index is 2.07. The highest BCUT2D eigenvalue weighted by Crippen LogP contribution is 2.26. The molecule has 19 heavy (non-hydrogen) atoms. The quantitative estimate of drug-likeness (QED) is 0.637. The zero-order valence-electron chi connectivity index (χ0n) is 11.6. The third-order valence-corrected chi connectivity index (χ3v) is 3.14. The van der Waals surface area contributed by atoms with Gasteiger partial charge in [-0.3, -0.25) is 4.98 Å². The van der Waals surface area contributed by atoms with Crippen molar-refractivity contribution in [3.63, 3.8) is 0 Å². The van der Waals surface area contributed by atoms with Crippen molar-refractivity contribution >= 4 is 0 Å². The standard InChI is InChI=1S/C18H15N/c1-14-12-18(16-10-6-3-7-11-16)19-13-17(14)15-8-4-2-5-9-15/h2-13H,1H3/i1D. The highest BCUT2D eigenvalue weighted by atomic mass is 14.7. The normalized spacial score (nSPS) is 11.1. The zero-order chi connectivity index (χ0) is 13.8. The van der Waals surface area contributed by atoms with Crippen LogP contribution in [0.25, 0.3) is 22.4 Å². The number of hydrogen-bond acceptors (Lipinski definition) is 1. The molecule has 0 unspecified atom stereocenters. The maximum Gasteiger partial charge on any atom is 0.0705 e. The molecule has 0 saturated heterocycles. The Kier molecular flexibility index (Phi) is 2.80. The molecular weight excluding hydrogens is 230 g/mol. The van der Waals surface area contributed by atoms with Crippen molar-refractivity contribution < 1.29 is 1.37 Å². The van der Waals surface area contributed by atoms with E-state index in [1.807, 2.05) is 60.8 Å². The van der Waals surface area contributed by atoms with Crippen LogP contribution in [0.1, 0.15) is 6.93 Å². The van der Waals surface area contributed by atoms with E-state index in [4.69, 9.17) is 1.37 Å². The van der Waals surface area contributed by atoms with Gasteiger partial charge in [-0.05, 0) is 24.1 Å². The lowest BCUT2D eigenvalue weighted by Gasteiger charge is -2.08. The molecule has 1 nitrogen and oxygen atoms in total. The molecule has 0 atom stereocenters. The summed E-state index contributed by atoms with van der Waals surface area (Å²) in [5.74, 6) is 0. The summed E-state index contributed by atoms with van der Waals surface area (Å²) >= 11 is 0. The Hall–Kier alpha value is -2.41. The lowest BCUT2D eigenvalue weighted by atomic mass is 10.0. The maximum atomic E-state index is 7.77. The van der Waals surface area contributed by atoms with Crippen molar-refractivity contribution in [2.75, 3.05) is 0 Å². The summed E-state index contributed by atoms with van der Waals surface area (Å²) in [6.45, 7) is 0.257. The SMILES string of the molecule is [2H]Cc1cc(-c2ccccc2)ncc1-c1ccccc1. The summed E-state index contributed by atoms with van der Waals surface area (Å²) in [6.07, 6.45) is 1.88. The average molecular weight is 246 g/mol. The van der Waals surface area contributed by atoms with Gasteiger partial charge in [-0.25, -0.2) is 0 Å². The molecule has 0 saturated carbocycles. The molecule has 0 bridgehead atoms. The van der Waals surface area contributed by atoms with Gasteiger partial charge in [0.25, 0.3) is 0 Å². The lowest BCUT2D eigenvalue weighted by molar-refractivity contribution is 1.29. The van der Waals surface area contributed by atoms with E-state index in [9.17, 15) is 0 Å². The van der Waals surface area contributed by atoms with Crippen molar-refractivity contribution in [2.45, 2.75) is 6.90 Å². The fraction of sp³-hybridized carbons (Fsp3) is 0.0556. The molecule has 0 amide bonds.